The zero-order valence-electron chi connectivity index (χ0n) is 40.5. The molecule has 3 aromatic heterocycles. The van der Waals surface area contributed by atoms with Gasteiger partial charge in [-0.2, -0.15) is 0 Å². The summed E-state index contributed by atoms with van der Waals surface area (Å²) in [5.41, 5.74) is 22.1. The predicted octanol–water partition coefficient (Wildman–Crippen LogP) is 16.4. The highest BCUT2D eigenvalue weighted by molar-refractivity contribution is 7.25. The standard InChI is InChI=1S/C63H54BN2OS/c1-60(2,3)34-22-24-35(25-23-34)65-48-30-40-37-17-12-15-21-52(37)68-53(40)31-41(48)56-57-58-54(55-38-18-11-14-20-51(38)67-59(55)56)42-28-45-46(62(6,7)27-26-61(45,4)5)33-49(42)66(58)50-32-44-39(29-47(50)64-57)36-16-10-13-19-43(36)63(44,8)9/h10-25,28-33,65H,26-27H2,1-9H3. The number of nitrogens with zero attached hydrogens (tertiary/aromatic N) is 1. The average molecular weight is 898 g/mol. The molecule has 0 fully saturated rings. The van der Waals surface area contributed by atoms with Crippen molar-refractivity contribution in [1.82, 2.24) is 4.57 Å². The van der Waals surface area contributed by atoms with E-state index in [0.29, 0.717) is 0 Å². The molecule has 3 aliphatic rings. The molecule has 0 saturated heterocycles. The largest absolute Gasteiger partial charge is 0.455 e. The first-order valence-corrected chi connectivity index (χ1v) is 25.4. The Labute approximate surface area is 403 Å². The van der Waals surface area contributed by atoms with Crippen LogP contribution in [0.15, 0.2) is 138 Å². The van der Waals surface area contributed by atoms with Crippen LogP contribution >= 0.6 is 11.3 Å². The molecule has 1 N–H and O–H groups in total. The van der Waals surface area contributed by atoms with Crippen LogP contribution in [0, 0.1) is 0 Å². The average Bonchev–Trinajstić information content (AvgIpc) is 4.04. The van der Waals surface area contributed by atoms with Crippen molar-refractivity contribution in [1.29, 1.82) is 0 Å². The molecule has 0 amide bonds. The van der Waals surface area contributed by atoms with E-state index in [1.165, 1.54) is 103 Å². The highest BCUT2D eigenvalue weighted by Gasteiger charge is 2.41. The lowest BCUT2D eigenvalue weighted by Crippen LogP contribution is -2.38. The fourth-order valence-electron chi connectivity index (χ4n) is 12.7. The van der Waals surface area contributed by atoms with Crippen LogP contribution in [0.2, 0.25) is 0 Å². The molecule has 0 saturated carbocycles. The Bertz CT molecular complexity index is 4030. The van der Waals surface area contributed by atoms with E-state index in [-0.39, 0.29) is 21.7 Å². The van der Waals surface area contributed by atoms with Gasteiger partial charge in [0.15, 0.2) is 7.28 Å². The molecular weight excluding hydrogens is 844 g/mol. The van der Waals surface area contributed by atoms with E-state index in [9.17, 15) is 0 Å². The fraction of sp³-hybridized carbons (Fsp3) is 0.238. The number of hydrogen-bond donors (Lipinski definition) is 1. The molecular formula is C63H54BN2OS. The van der Waals surface area contributed by atoms with E-state index in [4.69, 9.17) is 4.42 Å². The maximum absolute atomic E-state index is 7.37. The zero-order chi connectivity index (χ0) is 46.4. The summed E-state index contributed by atoms with van der Waals surface area (Å²) in [4.78, 5) is 0. The number of rotatable bonds is 3. The fourth-order valence-corrected chi connectivity index (χ4v) is 13.9. The molecule has 331 valence electrons. The second kappa shape index (κ2) is 13.4. The third-order valence-corrected chi connectivity index (χ3v) is 17.8. The molecule has 8 aromatic carbocycles. The Kier molecular flexibility index (Phi) is 7.96. The first-order valence-electron chi connectivity index (χ1n) is 24.5. The van der Waals surface area contributed by atoms with Crippen molar-refractivity contribution in [3.8, 4) is 27.9 Å². The lowest BCUT2D eigenvalue weighted by molar-refractivity contribution is 0.332. The number of furan rings is 1. The van der Waals surface area contributed by atoms with E-state index in [1.807, 2.05) is 11.3 Å². The minimum absolute atomic E-state index is 0.0396. The van der Waals surface area contributed by atoms with Crippen molar-refractivity contribution in [3.63, 3.8) is 0 Å². The third kappa shape index (κ3) is 5.43. The van der Waals surface area contributed by atoms with Crippen LogP contribution in [0.3, 0.4) is 0 Å². The van der Waals surface area contributed by atoms with Crippen molar-refractivity contribution in [2.24, 2.45) is 0 Å². The number of nitrogens with one attached hydrogen (secondary N) is 1. The van der Waals surface area contributed by atoms with Crippen LogP contribution in [0.25, 0.3) is 91.9 Å². The Morgan fingerprint density at radius 1 is 0.603 bits per heavy atom. The normalized spacial score (nSPS) is 16.4. The Morgan fingerprint density at radius 2 is 1.31 bits per heavy atom. The van der Waals surface area contributed by atoms with Gasteiger partial charge >= 0.3 is 0 Å². The summed E-state index contributed by atoms with van der Waals surface area (Å²) in [6.45, 7) is 21.5. The van der Waals surface area contributed by atoms with Crippen LogP contribution in [0.4, 0.5) is 11.4 Å². The maximum atomic E-state index is 7.37. The molecule has 11 aromatic rings. The first-order chi connectivity index (χ1) is 32.6. The smallest absolute Gasteiger partial charge is 0.198 e. The number of benzene rings is 8. The minimum atomic E-state index is -0.143. The molecule has 0 bridgehead atoms. The van der Waals surface area contributed by atoms with Crippen molar-refractivity contribution in [2.45, 2.75) is 96.8 Å². The maximum Gasteiger partial charge on any atom is 0.198 e. The number of thiophene rings is 1. The van der Waals surface area contributed by atoms with Crippen molar-refractivity contribution in [3.05, 3.63) is 161 Å². The summed E-state index contributed by atoms with van der Waals surface area (Å²) in [5, 5.41) is 11.5. The lowest BCUT2D eigenvalue weighted by atomic mass is 9.58. The van der Waals surface area contributed by atoms with E-state index in [1.54, 1.807) is 0 Å². The van der Waals surface area contributed by atoms with Gasteiger partial charge in [0.25, 0.3) is 0 Å². The van der Waals surface area contributed by atoms with E-state index in [0.717, 1.165) is 51.9 Å². The SMILES string of the molecule is CC(C)(C)c1ccc(Nc2cc3c(cc2-c2c4c5c(c6cc7c(cc6n5-c5cc6c(cc5[B]4)-c4ccccc4C6(C)C)C(C)(C)CCC7(C)C)c4c2oc2ccccc24)sc2ccccc23)cc1. The summed E-state index contributed by atoms with van der Waals surface area (Å²) >= 11 is 1.87. The zero-order valence-corrected chi connectivity index (χ0v) is 41.3. The molecule has 0 spiro atoms. The van der Waals surface area contributed by atoms with Crippen LogP contribution in [0.5, 0.6) is 0 Å². The van der Waals surface area contributed by atoms with Gasteiger partial charge in [0.05, 0.1) is 5.52 Å². The van der Waals surface area contributed by atoms with Crippen LogP contribution in [-0.4, -0.2) is 11.8 Å². The molecule has 0 atom stereocenters. The van der Waals surface area contributed by atoms with Crippen LogP contribution in [0.1, 0.15) is 103 Å². The Hall–Kier alpha value is -6.56. The summed E-state index contributed by atoms with van der Waals surface area (Å²) in [5.74, 6) is 0. The van der Waals surface area contributed by atoms with Crippen LogP contribution < -0.4 is 16.2 Å². The first kappa shape index (κ1) is 40.5. The van der Waals surface area contributed by atoms with Gasteiger partial charge in [-0.05, 0) is 128 Å². The third-order valence-electron chi connectivity index (χ3n) is 16.6. The number of hydrogen-bond acceptors (Lipinski definition) is 3. The summed E-state index contributed by atoms with van der Waals surface area (Å²) < 4.78 is 12.6. The molecule has 2 aliphatic carbocycles. The van der Waals surface area contributed by atoms with Gasteiger partial charge in [0.2, 0.25) is 0 Å². The van der Waals surface area contributed by atoms with Gasteiger partial charge in [-0.1, -0.05) is 147 Å². The molecule has 1 aliphatic heterocycles. The van der Waals surface area contributed by atoms with Gasteiger partial charge < -0.3 is 14.3 Å². The molecule has 3 nitrogen and oxygen atoms in total. The summed E-state index contributed by atoms with van der Waals surface area (Å²) in [6, 6.07) is 50.8. The molecule has 5 heteroatoms. The minimum Gasteiger partial charge on any atom is -0.455 e. The molecule has 4 heterocycles. The van der Waals surface area contributed by atoms with Crippen LogP contribution in [-0.2, 0) is 21.7 Å². The van der Waals surface area contributed by atoms with Gasteiger partial charge in [-0.15, -0.1) is 11.3 Å². The molecule has 68 heavy (non-hydrogen) atoms. The molecule has 14 rings (SSSR count). The van der Waals surface area contributed by atoms with Crippen molar-refractivity contribution >= 4 is 105 Å². The number of fused-ring (bicyclic) bond motifs is 16. The van der Waals surface area contributed by atoms with E-state index >= 15 is 0 Å². The van der Waals surface area contributed by atoms with Crippen molar-refractivity contribution < 1.29 is 4.42 Å². The monoisotopic (exact) mass is 897 g/mol. The lowest BCUT2D eigenvalue weighted by Gasteiger charge is -2.42. The number of anilines is 2. The highest BCUT2D eigenvalue weighted by Crippen LogP contribution is 2.54. The molecule has 0 unspecified atom stereocenters. The van der Waals surface area contributed by atoms with Gasteiger partial charge in [-0.3, -0.25) is 0 Å². The van der Waals surface area contributed by atoms with Gasteiger partial charge in [-0.25, -0.2) is 0 Å². The highest BCUT2D eigenvalue weighted by atomic mass is 32.1. The predicted molar refractivity (Wildman–Crippen MR) is 293 cm³/mol. The van der Waals surface area contributed by atoms with Crippen molar-refractivity contribution in [2.75, 3.05) is 5.32 Å². The molecule has 1 radical (unpaired) electrons. The van der Waals surface area contributed by atoms with Gasteiger partial charge in [0, 0.05) is 80.8 Å². The summed E-state index contributed by atoms with van der Waals surface area (Å²) in [6.07, 6.45) is 2.31. The Morgan fingerprint density at radius 3 is 2.09 bits per heavy atom. The van der Waals surface area contributed by atoms with Gasteiger partial charge in [0.1, 0.15) is 11.2 Å². The number of para-hydroxylation sites is 1. The Balaban J connectivity index is 1.16. The second-order valence-corrected chi connectivity index (χ2v) is 24.1. The second-order valence-electron chi connectivity index (χ2n) is 23.0. The number of aromatic nitrogens is 1. The topological polar surface area (TPSA) is 30.1 Å². The van der Waals surface area contributed by atoms with E-state index in [2.05, 4.69) is 213 Å². The quantitative estimate of drug-likeness (QED) is 0.179. The van der Waals surface area contributed by atoms with E-state index < -0.39 is 0 Å². The summed E-state index contributed by atoms with van der Waals surface area (Å²) in [7, 11) is 2.51.